The van der Waals surface area contributed by atoms with E-state index in [9.17, 15) is 0 Å². The van der Waals surface area contributed by atoms with E-state index in [1.54, 1.807) is 11.8 Å². The zero-order chi connectivity index (χ0) is 10.3. The number of hydrogen-bond donors (Lipinski definition) is 1. The molecule has 15 heavy (non-hydrogen) atoms. The molecular formula is C12H10N2S. The Morgan fingerprint density at radius 2 is 2.13 bits per heavy atom. The van der Waals surface area contributed by atoms with Crippen LogP contribution < -0.4 is 5.73 Å². The minimum Gasteiger partial charge on any atom is -0.378 e. The third kappa shape index (κ3) is 1.39. The van der Waals surface area contributed by atoms with Crippen LogP contribution in [0.1, 0.15) is 17.2 Å². The van der Waals surface area contributed by atoms with Crippen molar-refractivity contribution in [3.8, 4) is 0 Å². The largest absolute Gasteiger partial charge is 0.378 e. The van der Waals surface area contributed by atoms with Crippen LogP contribution in [-0.4, -0.2) is 5.17 Å². The molecule has 2 aliphatic rings. The molecule has 1 aromatic rings. The molecule has 1 unspecified atom stereocenters. The maximum absolute atomic E-state index is 5.75. The second kappa shape index (κ2) is 3.28. The third-order valence-electron chi connectivity index (χ3n) is 2.58. The third-order valence-corrected chi connectivity index (χ3v) is 3.48. The molecule has 3 heteroatoms. The van der Waals surface area contributed by atoms with E-state index in [-0.39, 0.29) is 6.04 Å². The molecule has 1 aromatic carbocycles. The molecule has 3 rings (SSSR count). The van der Waals surface area contributed by atoms with Crippen molar-refractivity contribution >= 4 is 23.0 Å². The summed E-state index contributed by atoms with van der Waals surface area (Å²) in [7, 11) is 0. The second-order valence-electron chi connectivity index (χ2n) is 3.53. The number of hydrogen-bond acceptors (Lipinski definition) is 3. The van der Waals surface area contributed by atoms with E-state index in [4.69, 9.17) is 5.73 Å². The normalized spacial score (nSPS) is 22.5. The molecule has 2 N–H and O–H groups in total. The number of nitrogens with two attached hydrogens (primary N) is 1. The standard InChI is InChI=1S/C12H10N2S/c13-12-14-11-9-6-2-1-4-8(9)5-3-7-10(11)15-12/h1-7,11H,(H2,13,14). The Balaban J connectivity index is 2.19. The van der Waals surface area contributed by atoms with Crippen LogP contribution in [0.4, 0.5) is 0 Å². The lowest BCUT2D eigenvalue weighted by Gasteiger charge is -2.10. The van der Waals surface area contributed by atoms with E-state index < -0.39 is 0 Å². The molecule has 0 saturated carbocycles. The van der Waals surface area contributed by atoms with Gasteiger partial charge in [-0.3, -0.25) is 0 Å². The Hall–Kier alpha value is -1.48. The van der Waals surface area contributed by atoms with Gasteiger partial charge in [0.05, 0.1) is 0 Å². The summed E-state index contributed by atoms with van der Waals surface area (Å²) < 4.78 is 0. The highest BCUT2D eigenvalue weighted by Crippen LogP contribution is 2.42. The molecule has 74 valence electrons. The summed E-state index contributed by atoms with van der Waals surface area (Å²) in [5.74, 6) is 0. The van der Waals surface area contributed by atoms with Gasteiger partial charge in [0.15, 0.2) is 5.17 Å². The summed E-state index contributed by atoms with van der Waals surface area (Å²) in [6.45, 7) is 0. The average molecular weight is 214 g/mol. The fourth-order valence-electron chi connectivity index (χ4n) is 1.90. The van der Waals surface area contributed by atoms with Gasteiger partial charge in [0, 0.05) is 4.91 Å². The van der Waals surface area contributed by atoms with E-state index in [2.05, 4.69) is 35.4 Å². The van der Waals surface area contributed by atoms with Gasteiger partial charge < -0.3 is 5.73 Å². The van der Waals surface area contributed by atoms with Crippen LogP contribution in [0.3, 0.4) is 0 Å². The van der Waals surface area contributed by atoms with E-state index in [1.807, 2.05) is 12.1 Å². The van der Waals surface area contributed by atoms with Crippen molar-refractivity contribution in [1.82, 2.24) is 0 Å². The van der Waals surface area contributed by atoms with Gasteiger partial charge in [-0.25, -0.2) is 4.99 Å². The summed E-state index contributed by atoms with van der Waals surface area (Å²) in [5, 5.41) is 0.663. The van der Waals surface area contributed by atoms with Crippen molar-refractivity contribution < 1.29 is 0 Å². The van der Waals surface area contributed by atoms with Gasteiger partial charge in [0.1, 0.15) is 6.04 Å². The number of nitrogens with zero attached hydrogens (tertiary/aromatic N) is 1. The number of rotatable bonds is 0. The number of aliphatic imine (C=N–C) groups is 1. The first kappa shape index (κ1) is 8.80. The molecule has 1 heterocycles. The Morgan fingerprint density at radius 3 is 3.07 bits per heavy atom. The fraction of sp³-hybridized carbons (Fsp3) is 0.0833. The Kier molecular flexibility index (Phi) is 1.92. The average Bonchev–Trinajstić information content (AvgIpc) is 2.52. The van der Waals surface area contributed by atoms with Gasteiger partial charge in [0.25, 0.3) is 0 Å². The summed E-state index contributed by atoms with van der Waals surface area (Å²) in [4.78, 5) is 5.68. The number of allylic oxidation sites excluding steroid dienone is 2. The first-order valence-corrected chi connectivity index (χ1v) is 5.64. The van der Waals surface area contributed by atoms with Crippen LogP contribution in [0.15, 0.2) is 46.3 Å². The lowest BCUT2D eigenvalue weighted by Crippen LogP contribution is -2.01. The monoisotopic (exact) mass is 214 g/mol. The van der Waals surface area contributed by atoms with Crippen LogP contribution >= 0.6 is 11.8 Å². The minimum atomic E-state index is 0.112. The number of benzene rings is 1. The zero-order valence-corrected chi connectivity index (χ0v) is 8.87. The van der Waals surface area contributed by atoms with E-state index in [1.165, 1.54) is 16.0 Å². The highest BCUT2D eigenvalue weighted by Gasteiger charge is 2.26. The topological polar surface area (TPSA) is 38.4 Å². The second-order valence-corrected chi connectivity index (χ2v) is 4.62. The molecule has 1 aliphatic heterocycles. The van der Waals surface area contributed by atoms with E-state index >= 15 is 0 Å². The first-order valence-electron chi connectivity index (χ1n) is 4.83. The molecule has 0 amide bonds. The highest BCUT2D eigenvalue weighted by atomic mass is 32.2. The van der Waals surface area contributed by atoms with Gasteiger partial charge in [-0.05, 0) is 17.2 Å². The zero-order valence-electron chi connectivity index (χ0n) is 8.05. The lowest BCUT2D eigenvalue weighted by atomic mass is 10.0. The Morgan fingerprint density at radius 1 is 1.27 bits per heavy atom. The Labute approximate surface area is 92.6 Å². The van der Waals surface area contributed by atoms with Gasteiger partial charge in [0.2, 0.25) is 0 Å². The number of fused-ring (bicyclic) bond motifs is 3. The predicted molar refractivity (Wildman–Crippen MR) is 65.5 cm³/mol. The fourth-order valence-corrected chi connectivity index (χ4v) is 2.74. The molecule has 0 saturated heterocycles. The van der Waals surface area contributed by atoms with Gasteiger partial charge in [-0.1, -0.05) is 48.2 Å². The van der Waals surface area contributed by atoms with Gasteiger partial charge >= 0.3 is 0 Å². The molecule has 0 fully saturated rings. The van der Waals surface area contributed by atoms with Gasteiger partial charge in [-0.2, -0.15) is 0 Å². The number of thioether (sulfide) groups is 1. The van der Waals surface area contributed by atoms with Crippen LogP contribution in [0.5, 0.6) is 0 Å². The first-order chi connectivity index (χ1) is 7.34. The molecule has 0 aromatic heterocycles. The smallest absolute Gasteiger partial charge is 0.159 e. The summed E-state index contributed by atoms with van der Waals surface area (Å²) >= 11 is 1.56. The molecule has 0 radical (unpaired) electrons. The molecule has 2 nitrogen and oxygen atoms in total. The maximum atomic E-state index is 5.75. The van der Waals surface area contributed by atoms with E-state index in [0.717, 1.165) is 0 Å². The quantitative estimate of drug-likeness (QED) is 0.721. The van der Waals surface area contributed by atoms with Crippen molar-refractivity contribution in [1.29, 1.82) is 0 Å². The predicted octanol–water partition coefficient (Wildman–Crippen LogP) is 2.70. The van der Waals surface area contributed by atoms with Crippen LogP contribution in [-0.2, 0) is 0 Å². The van der Waals surface area contributed by atoms with Gasteiger partial charge in [-0.15, -0.1) is 0 Å². The van der Waals surface area contributed by atoms with Crippen LogP contribution in [0.2, 0.25) is 0 Å². The molecule has 0 spiro atoms. The van der Waals surface area contributed by atoms with Crippen molar-refractivity contribution in [2.75, 3.05) is 0 Å². The van der Waals surface area contributed by atoms with E-state index in [0.29, 0.717) is 5.17 Å². The number of amidine groups is 1. The molecule has 1 atom stereocenters. The Bertz CT molecular complexity index is 500. The minimum absolute atomic E-state index is 0.112. The van der Waals surface area contributed by atoms with Crippen molar-refractivity contribution in [2.24, 2.45) is 10.7 Å². The molecule has 1 aliphatic carbocycles. The molecule has 0 bridgehead atoms. The summed E-state index contributed by atoms with van der Waals surface area (Å²) in [5.41, 5.74) is 8.22. The molecular weight excluding hydrogens is 204 g/mol. The maximum Gasteiger partial charge on any atom is 0.159 e. The van der Waals surface area contributed by atoms with Crippen molar-refractivity contribution in [2.45, 2.75) is 6.04 Å². The lowest BCUT2D eigenvalue weighted by molar-refractivity contribution is 0.910. The highest BCUT2D eigenvalue weighted by molar-refractivity contribution is 8.17. The van der Waals surface area contributed by atoms with Crippen LogP contribution in [0, 0.1) is 0 Å². The van der Waals surface area contributed by atoms with Crippen molar-refractivity contribution in [3.05, 3.63) is 52.4 Å². The summed E-state index contributed by atoms with van der Waals surface area (Å²) in [6.07, 6.45) is 6.28. The van der Waals surface area contributed by atoms with Crippen LogP contribution in [0.25, 0.3) is 6.08 Å². The summed E-state index contributed by atoms with van der Waals surface area (Å²) in [6, 6.07) is 8.43. The SMILES string of the molecule is NC1=NC2C(=CC=Cc3ccccc32)S1. The van der Waals surface area contributed by atoms with Crippen molar-refractivity contribution in [3.63, 3.8) is 0 Å².